The minimum Gasteiger partial charge on any atom is -0.484 e. The molecule has 0 fully saturated rings. The Labute approximate surface area is 177 Å². The van der Waals surface area contributed by atoms with Crippen molar-refractivity contribution in [1.82, 2.24) is 4.90 Å². The number of hydrogen-bond donors (Lipinski definition) is 1. The standard InChI is InChI=1S/C23H27ClN2O3/c1-14(2)23(28)26-8-7-17-5-6-19(11-18(17)12-26)25-21(27)13-29-20-9-15(3)22(24)16(4)10-20/h5-6,9-11,14H,7-8,12-13H2,1-4H3,(H,25,27). The zero-order chi connectivity index (χ0) is 21.1. The Bertz CT molecular complexity index is 917. The molecule has 2 aromatic carbocycles. The van der Waals surface area contributed by atoms with E-state index in [1.165, 1.54) is 5.56 Å². The fraction of sp³-hybridized carbons (Fsp3) is 0.391. The molecule has 5 nitrogen and oxygen atoms in total. The highest BCUT2D eigenvalue weighted by Crippen LogP contribution is 2.26. The van der Waals surface area contributed by atoms with Crippen LogP contribution in [0.4, 0.5) is 5.69 Å². The quantitative estimate of drug-likeness (QED) is 0.782. The maximum Gasteiger partial charge on any atom is 0.262 e. The van der Waals surface area contributed by atoms with Crippen LogP contribution in [-0.2, 0) is 22.6 Å². The zero-order valence-electron chi connectivity index (χ0n) is 17.3. The molecule has 2 aromatic rings. The predicted octanol–water partition coefficient (Wildman–Crippen LogP) is 4.52. The van der Waals surface area contributed by atoms with Crippen LogP contribution in [0.3, 0.4) is 0 Å². The van der Waals surface area contributed by atoms with Crippen LogP contribution in [0.15, 0.2) is 30.3 Å². The van der Waals surface area contributed by atoms with Gasteiger partial charge < -0.3 is 15.0 Å². The smallest absolute Gasteiger partial charge is 0.262 e. The van der Waals surface area contributed by atoms with E-state index in [4.69, 9.17) is 16.3 Å². The Morgan fingerprint density at radius 3 is 2.48 bits per heavy atom. The first-order valence-corrected chi connectivity index (χ1v) is 10.2. The van der Waals surface area contributed by atoms with Crippen LogP contribution in [0.1, 0.15) is 36.1 Å². The van der Waals surface area contributed by atoms with E-state index >= 15 is 0 Å². The maximum absolute atomic E-state index is 12.3. The van der Waals surface area contributed by atoms with Gasteiger partial charge in [-0.25, -0.2) is 0 Å². The molecule has 0 aromatic heterocycles. The van der Waals surface area contributed by atoms with Crippen LogP contribution in [0.5, 0.6) is 5.75 Å². The summed E-state index contributed by atoms with van der Waals surface area (Å²) in [6, 6.07) is 9.51. The second-order valence-corrected chi connectivity index (χ2v) is 8.23. The Hall–Kier alpha value is -2.53. The maximum atomic E-state index is 12.3. The van der Waals surface area contributed by atoms with E-state index in [-0.39, 0.29) is 24.3 Å². The van der Waals surface area contributed by atoms with Crippen molar-refractivity contribution in [1.29, 1.82) is 0 Å². The molecule has 0 aliphatic carbocycles. The molecule has 0 atom stereocenters. The van der Waals surface area contributed by atoms with E-state index in [9.17, 15) is 9.59 Å². The minimum atomic E-state index is -0.235. The fourth-order valence-electron chi connectivity index (χ4n) is 3.52. The average Bonchev–Trinajstić information content (AvgIpc) is 2.69. The molecule has 0 saturated carbocycles. The number of halogens is 1. The van der Waals surface area contributed by atoms with Crippen molar-refractivity contribution in [3.63, 3.8) is 0 Å². The second-order valence-electron chi connectivity index (χ2n) is 7.86. The molecule has 0 unspecified atom stereocenters. The molecule has 1 aliphatic heterocycles. The number of amides is 2. The highest BCUT2D eigenvalue weighted by molar-refractivity contribution is 6.32. The van der Waals surface area contributed by atoms with Crippen LogP contribution in [0, 0.1) is 19.8 Å². The van der Waals surface area contributed by atoms with E-state index in [1.807, 2.05) is 62.9 Å². The summed E-state index contributed by atoms with van der Waals surface area (Å²) in [6.45, 7) is 8.87. The lowest BCUT2D eigenvalue weighted by atomic mass is 9.98. The first-order chi connectivity index (χ1) is 13.7. The molecule has 2 amide bonds. The Balaban J connectivity index is 1.62. The second kappa shape index (κ2) is 8.87. The van der Waals surface area contributed by atoms with E-state index in [0.717, 1.165) is 29.7 Å². The fourth-order valence-corrected chi connectivity index (χ4v) is 3.63. The molecule has 0 spiro atoms. The molecule has 0 radical (unpaired) electrons. The third-order valence-corrected chi connectivity index (χ3v) is 5.68. The molecular formula is C23H27ClN2O3. The summed E-state index contributed by atoms with van der Waals surface area (Å²) in [5.74, 6) is 0.526. The SMILES string of the molecule is Cc1cc(OCC(=O)Nc2ccc3c(c2)CN(C(=O)C(C)C)CC3)cc(C)c1Cl. The molecule has 3 rings (SSSR count). The Morgan fingerprint density at radius 1 is 1.14 bits per heavy atom. The molecule has 29 heavy (non-hydrogen) atoms. The number of benzene rings is 2. The normalized spacial score (nSPS) is 13.2. The summed E-state index contributed by atoms with van der Waals surface area (Å²) < 4.78 is 5.62. The number of nitrogens with zero attached hydrogens (tertiary/aromatic N) is 1. The van der Waals surface area contributed by atoms with Crippen molar-refractivity contribution in [2.75, 3.05) is 18.5 Å². The van der Waals surface area contributed by atoms with Gasteiger partial charge in [0.1, 0.15) is 5.75 Å². The average molecular weight is 415 g/mol. The van der Waals surface area contributed by atoms with Crippen molar-refractivity contribution in [3.05, 3.63) is 57.6 Å². The number of nitrogens with one attached hydrogen (secondary N) is 1. The predicted molar refractivity (Wildman–Crippen MR) is 115 cm³/mol. The third-order valence-electron chi connectivity index (χ3n) is 5.09. The van der Waals surface area contributed by atoms with Gasteiger partial charge in [-0.05, 0) is 66.8 Å². The number of hydrogen-bond acceptors (Lipinski definition) is 3. The van der Waals surface area contributed by atoms with E-state index in [2.05, 4.69) is 5.32 Å². The Kier molecular flexibility index (Phi) is 6.48. The molecule has 0 saturated heterocycles. The molecule has 1 heterocycles. The first-order valence-electron chi connectivity index (χ1n) is 9.84. The van der Waals surface area contributed by atoms with Crippen LogP contribution in [0.25, 0.3) is 0 Å². The number of carbonyl (C=O) groups is 2. The van der Waals surface area contributed by atoms with E-state index < -0.39 is 0 Å². The van der Waals surface area contributed by atoms with Crippen LogP contribution in [-0.4, -0.2) is 29.9 Å². The van der Waals surface area contributed by atoms with Gasteiger partial charge in [0.2, 0.25) is 5.91 Å². The number of anilines is 1. The molecule has 6 heteroatoms. The van der Waals surface area contributed by atoms with Gasteiger partial charge in [0, 0.05) is 29.7 Å². The number of rotatable bonds is 5. The molecule has 0 bridgehead atoms. The van der Waals surface area contributed by atoms with Gasteiger partial charge in [-0.1, -0.05) is 31.5 Å². The zero-order valence-corrected chi connectivity index (χ0v) is 18.1. The van der Waals surface area contributed by atoms with Crippen molar-refractivity contribution in [3.8, 4) is 5.75 Å². The summed E-state index contributed by atoms with van der Waals surface area (Å²) in [4.78, 5) is 26.5. The van der Waals surface area contributed by atoms with Gasteiger partial charge in [0.15, 0.2) is 6.61 Å². The highest BCUT2D eigenvalue weighted by atomic mass is 35.5. The van der Waals surface area contributed by atoms with Crippen LogP contribution < -0.4 is 10.1 Å². The van der Waals surface area contributed by atoms with Crippen molar-refractivity contribution < 1.29 is 14.3 Å². The van der Waals surface area contributed by atoms with Gasteiger partial charge in [-0.2, -0.15) is 0 Å². The number of aryl methyl sites for hydroxylation is 2. The summed E-state index contributed by atoms with van der Waals surface area (Å²) in [6.07, 6.45) is 0.834. The van der Waals surface area contributed by atoms with Gasteiger partial charge >= 0.3 is 0 Å². The topological polar surface area (TPSA) is 58.6 Å². The summed E-state index contributed by atoms with van der Waals surface area (Å²) >= 11 is 6.17. The van der Waals surface area contributed by atoms with E-state index in [0.29, 0.717) is 23.0 Å². The summed E-state index contributed by atoms with van der Waals surface area (Å²) in [7, 11) is 0. The van der Waals surface area contributed by atoms with Crippen molar-refractivity contribution in [2.45, 2.75) is 40.7 Å². The number of ether oxygens (including phenoxy) is 1. The monoisotopic (exact) mass is 414 g/mol. The number of fused-ring (bicyclic) bond motifs is 1. The first kappa shape index (κ1) is 21.2. The largest absolute Gasteiger partial charge is 0.484 e. The van der Waals surface area contributed by atoms with Crippen LogP contribution >= 0.6 is 11.6 Å². The third kappa shape index (κ3) is 5.10. The summed E-state index contributed by atoms with van der Waals surface area (Å²) in [5.41, 5.74) is 4.83. The lowest BCUT2D eigenvalue weighted by Gasteiger charge is -2.30. The highest BCUT2D eigenvalue weighted by Gasteiger charge is 2.22. The van der Waals surface area contributed by atoms with Gasteiger partial charge in [0.25, 0.3) is 5.91 Å². The number of carbonyl (C=O) groups excluding carboxylic acids is 2. The van der Waals surface area contributed by atoms with Gasteiger partial charge in [0.05, 0.1) is 0 Å². The lowest BCUT2D eigenvalue weighted by molar-refractivity contribution is -0.135. The minimum absolute atomic E-state index is 0.0169. The van der Waals surface area contributed by atoms with Crippen molar-refractivity contribution >= 4 is 29.1 Å². The molecule has 1 aliphatic rings. The van der Waals surface area contributed by atoms with Crippen molar-refractivity contribution in [2.24, 2.45) is 5.92 Å². The van der Waals surface area contributed by atoms with Crippen LogP contribution in [0.2, 0.25) is 5.02 Å². The summed E-state index contributed by atoms with van der Waals surface area (Å²) in [5, 5.41) is 3.59. The Morgan fingerprint density at radius 2 is 1.83 bits per heavy atom. The molecular weight excluding hydrogens is 388 g/mol. The molecule has 1 N–H and O–H groups in total. The molecule has 154 valence electrons. The van der Waals surface area contributed by atoms with Gasteiger partial charge in [-0.15, -0.1) is 0 Å². The van der Waals surface area contributed by atoms with Gasteiger partial charge in [-0.3, -0.25) is 9.59 Å². The van der Waals surface area contributed by atoms with E-state index in [1.54, 1.807) is 0 Å². The lowest BCUT2D eigenvalue weighted by Crippen LogP contribution is -2.38.